The average molecular weight is 276 g/mol. The third kappa shape index (κ3) is 3.22. The summed E-state index contributed by atoms with van der Waals surface area (Å²) in [6.07, 6.45) is 5.21. The largest absolute Gasteiger partial charge is 0.373 e. The summed E-state index contributed by atoms with van der Waals surface area (Å²) in [6, 6.07) is 0. The molecule has 0 bridgehead atoms. The van der Waals surface area contributed by atoms with Crippen LogP contribution < -0.4 is 10.2 Å². The monoisotopic (exact) mass is 276 g/mol. The number of anilines is 2. The van der Waals surface area contributed by atoms with E-state index in [1.54, 1.807) is 0 Å². The Hall–Kier alpha value is -1.32. The van der Waals surface area contributed by atoms with Crippen molar-refractivity contribution < 1.29 is 0 Å². The van der Waals surface area contributed by atoms with E-state index in [0.29, 0.717) is 0 Å². The summed E-state index contributed by atoms with van der Waals surface area (Å²) < 4.78 is 0. The summed E-state index contributed by atoms with van der Waals surface area (Å²) in [7, 11) is 1.94. The maximum atomic E-state index is 4.89. The van der Waals surface area contributed by atoms with Gasteiger partial charge in [-0.05, 0) is 19.8 Å². The van der Waals surface area contributed by atoms with Crippen LogP contribution in [0.15, 0.2) is 0 Å². The second-order valence-corrected chi connectivity index (χ2v) is 6.75. The normalized spacial score (nSPS) is 16.9. The minimum atomic E-state index is -0.0279. The summed E-state index contributed by atoms with van der Waals surface area (Å²) in [5.41, 5.74) is 1.14. The average Bonchev–Trinajstić information content (AvgIpc) is 2.66. The molecule has 4 heteroatoms. The molecular formula is C16H28N4. The SMILES string of the molecule is CNc1nc(C(C)(C)C)nc(N2CCCCCC2)c1C. The zero-order valence-electron chi connectivity index (χ0n) is 13.6. The molecule has 0 saturated carbocycles. The van der Waals surface area contributed by atoms with Crippen molar-refractivity contribution in [1.29, 1.82) is 0 Å². The van der Waals surface area contributed by atoms with E-state index in [1.807, 2.05) is 7.05 Å². The summed E-state index contributed by atoms with van der Waals surface area (Å²) in [5, 5.41) is 3.23. The second-order valence-electron chi connectivity index (χ2n) is 6.75. The molecule has 0 amide bonds. The summed E-state index contributed by atoms with van der Waals surface area (Å²) in [5.74, 6) is 3.01. The molecule has 0 radical (unpaired) electrons. The van der Waals surface area contributed by atoms with E-state index in [4.69, 9.17) is 9.97 Å². The van der Waals surface area contributed by atoms with Crippen molar-refractivity contribution in [2.45, 2.75) is 58.8 Å². The van der Waals surface area contributed by atoms with Crippen LogP contribution in [0.5, 0.6) is 0 Å². The van der Waals surface area contributed by atoms with E-state index in [9.17, 15) is 0 Å². The van der Waals surface area contributed by atoms with Gasteiger partial charge >= 0.3 is 0 Å². The van der Waals surface area contributed by atoms with Gasteiger partial charge in [-0.3, -0.25) is 0 Å². The fourth-order valence-electron chi connectivity index (χ4n) is 2.67. The minimum absolute atomic E-state index is 0.0279. The van der Waals surface area contributed by atoms with Crippen molar-refractivity contribution in [2.75, 3.05) is 30.4 Å². The summed E-state index contributed by atoms with van der Waals surface area (Å²) in [4.78, 5) is 12.0. The van der Waals surface area contributed by atoms with Crippen LogP contribution in [-0.2, 0) is 5.41 Å². The lowest BCUT2D eigenvalue weighted by Crippen LogP contribution is -2.28. The van der Waals surface area contributed by atoms with Gasteiger partial charge in [-0.15, -0.1) is 0 Å². The van der Waals surface area contributed by atoms with E-state index < -0.39 is 0 Å². The minimum Gasteiger partial charge on any atom is -0.373 e. The Bertz CT molecular complexity index is 454. The molecule has 0 atom stereocenters. The zero-order chi connectivity index (χ0) is 14.8. The Labute approximate surface area is 123 Å². The van der Waals surface area contributed by atoms with Crippen molar-refractivity contribution in [3.63, 3.8) is 0 Å². The number of nitrogens with zero attached hydrogens (tertiary/aromatic N) is 3. The predicted octanol–water partition coefficient (Wildman–Crippen LogP) is 3.50. The van der Waals surface area contributed by atoms with Crippen molar-refractivity contribution in [3.05, 3.63) is 11.4 Å². The van der Waals surface area contributed by atoms with E-state index in [0.717, 1.165) is 30.5 Å². The van der Waals surface area contributed by atoms with Gasteiger partial charge in [-0.1, -0.05) is 33.6 Å². The number of rotatable bonds is 2. The molecular weight excluding hydrogens is 248 g/mol. The van der Waals surface area contributed by atoms with E-state index >= 15 is 0 Å². The Kier molecular flexibility index (Phi) is 4.51. The summed E-state index contributed by atoms with van der Waals surface area (Å²) >= 11 is 0. The quantitative estimate of drug-likeness (QED) is 0.897. The van der Waals surface area contributed by atoms with Crippen LogP contribution in [0.1, 0.15) is 57.8 Å². The van der Waals surface area contributed by atoms with E-state index in [-0.39, 0.29) is 5.41 Å². The van der Waals surface area contributed by atoms with Crippen LogP contribution in [0.2, 0.25) is 0 Å². The van der Waals surface area contributed by atoms with Crippen molar-refractivity contribution in [3.8, 4) is 0 Å². The highest BCUT2D eigenvalue weighted by Crippen LogP contribution is 2.29. The van der Waals surface area contributed by atoms with Gasteiger partial charge in [0, 0.05) is 31.1 Å². The maximum absolute atomic E-state index is 4.89. The second kappa shape index (κ2) is 5.98. The van der Waals surface area contributed by atoms with Crippen LogP contribution >= 0.6 is 0 Å². The Morgan fingerprint density at radius 3 is 2.10 bits per heavy atom. The van der Waals surface area contributed by atoms with Crippen LogP contribution in [0.25, 0.3) is 0 Å². The number of hydrogen-bond acceptors (Lipinski definition) is 4. The van der Waals surface area contributed by atoms with Crippen LogP contribution in [0.3, 0.4) is 0 Å². The molecule has 0 aliphatic carbocycles. The standard InChI is InChI=1S/C16H28N4/c1-12-13(17-5)18-15(16(2,3)4)19-14(12)20-10-8-6-7-9-11-20/h6-11H2,1-5H3,(H,17,18,19). The van der Waals surface area contributed by atoms with Crippen molar-refractivity contribution in [1.82, 2.24) is 9.97 Å². The van der Waals surface area contributed by atoms with Crippen LogP contribution in [0.4, 0.5) is 11.6 Å². The van der Waals surface area contributed by atoms with Crippen LogP contribution in [0, 0.1) is 6.92 Å². The first-order valence-electron chi connectivity index (χ1n) is 7.75. The third-order valence-electron chi connectivity index (χ3n) is 3.93. The number of nitrogens with one attached hydrogen (secondary N) is 1. The molecule has 4 nitrogen and oxygen atoms in total. The van der Waals surface area contributed by atoms with Gasteiger partial charge in [-0.2, -0.15) is 0 Å². The first kappa shape index (κ1) is 15.1. The van der Waals surface area contributed by atoms with Gasteiger partial charge < -0.3 is 10.2 Å². The van der Waals surface area contributed by atoms with Crippen LogP contribution in [-0.4, -0.2) is 30.1 Å². The lowest BCUT2D eigenvalue weighted by molar-refractivity contribution is 0.544. The number of hydrogen-bond donors (Lipinski definition) is 1. The van der Waals surface area contributed by atoms with Gasteiger partial charge in [0.1, 0.15) is 17.5 Å². The van der Waals surface area contributed by atoms with Gasteiger partial charge in [-0.25, -0.2) is 9.97 Å². The lowest BCUT2D eigenvalue weighted by atomic mass is 9.95. The topological polar surface area (TPSA) is 41.1 Å². The molecule has 112 valence electrons. The predicted molar refractivity (Wildman–Crippen MR) is 85.7 cm³/mol. The molecule has 1 aliphatic heterocycles. The Morgan fingerprint density at radius 2 is 1.60 bits per heavy atom. The molecule has 1 aromatic heterocycles. The van der Waals surface area contributed by atoms with Gasteiger partial charge in [0.15, 0.2) is 0 Å². The molecule has 2 rings (SSSR count). The zero-order valence-corrected chi connectivity index (χ0v) is 13.6. The van der Waals surface area contributed by atoms with Gasteiger partial charge in [0.2, 0.25) is 0 Å². The Morgan fingerprint density at radius 1 is 1.00 bits per heavy atom. The molecule has 1 aliphatic rings. The molecule has 0 unspecified atom stereocenters. The van der Waals surface area contributed by atoms with Crippen molar-refractivity contribution >= 4 is 11.6 Å². The molecule has 1 fully saturated rings. The Balaban J connectivity index is 2.44. The third-order valence-corrected chi connectivity index (χ3v) is 3.93. The first-order chi connectivity index (χ1) is 9.43. The van der Waals surface area contributed by atoms with Gasteiger partial charge in [0.05, 0.1) is 0 Å². The van der Waals surface area contributed by atoms with Gasteiger partial charge in [0.25, 0.3) is 0 Å². The first-order valence-corrected chi connectivity index (χ1v) is 7.75. The summed E-state index contributed by atoms with van der Waals surface area (Å²) in [6.45, 7) is 10.9. The highest BCUT2D eigenvalue weighted by Gasteiger charge is 2.23. The molecule has 20 heavy (non-hydrogen) atoms. The smallest absolute Gasteiger partial charge is 0.138 e. The molecule has 2 heterocycles. The lowest BCUT2D eigenvalue weighted by Gasteiger charge is -2.27. The molecule has 0 aromatic carbocycles. The van der Waals surface area contributed by atoms with Crippen molar-refractivity contribution in [2.24, 2.45) is 0 Å². The fraction of sp³-hybridized carbons (Fsp3) is 0.750. The highest BCUT2D eigenvalue weighted by atomic mass is 15.2. The van der Waals surface area contributed by atoms with E-state index in [2.05, 4.69) is 37.9 Å². The molecule has 1 aromatic rings. The molecule has 0 spiro atoms. The maximum Gasteiger partial charge on any atom is 0.138 e. The molecule has 1 N–H and O–H groups in total. The number of aromatic nitrogens is 2. The van der Waals surface area contributed by atoms with E-state index in [1.165, 1.54) is 31.2 Å². The highest BCUT2D eigenvalue weighted by molar-refractivity contribution is 5.58. The molecule has 1 saturated heterocycles. The fourth-order valence-corrected chi connectivity index (χ4v) is 2.67.